The molecule has 2 nitrogen and oxygen atoms in total. The maximum Gasteiger partial charge on any atom is 0.0713 e. The number of hydrogen-bond acceptors (Lipinski definition) is 2. The third-order valence-electron chi connectivity index (χ3n) is 17.3. The van der Waals surface area contributed by atoms with Crippen LogP contribution >= 0.6 is 0 Å². The van der Waals surface area contributed by atoms with Gasteiger partial charge in [-0.05, 0) is 150 Å². The lowest BCUT2D eigenvalue weighted by atomic mass is 9.65. The first-order chi connectivity index (χ1) is 35.0. The van der Waals surface area contributed by atoms with Crippen molar-refractivity contribution >= 4 is 34.1 Å². The van der Waals surface area contributed by atoms with Crippen LogP contribution in [0.3, 0.4) is 0 Å². The van der Waals surface area contributed by atoms with E-state index in [0.717, 1.165) is 22.7 Å². The largest absolute Gasteiger partial charge is 0.310 e. The highest BCUT2D eigenvalue weighted by atomic mass is 15.2. The van der Waals surface area contributed by atoms with E-state index in [1.54, 1.807) is 0 Å². The average Bonchev–Trinajstić information content (AvgIpc) is 3.94. The second kappa shape index (κ2) is 15.2. The molecule has 0 bridgehead atoms. The fourth-order valence-electron chi connectivity index (χ4n) is 13.8. The number of hydrogen-bond donors (Lipinski definition) is 0. The van der Waals surface area contributed by atoms with Gasteiger partial charge in [0.05, 0.1) is 16.8 Å². The molecule has 0 unspecified atom stereocenters. The first kappa shape index (κ1) is 42.7. The Bertz CT molecular complexity index is 3700. The van der Waals surface area contributed by atoms with Crippen LogP contribution in [0, 0.1) is 0 Å². The Labute approximate surface area is 424 Å². The van der Waals surface area contributed by atoms with E-state index < -0.39 is 5.41 Å². The van der Waals surface area contributed by atoms with Gasteiger partial charge in [-0.3, -0.25) is 0 Å². The molecular weight excluding hydrogens is 869 g/mol. The molecule has 0 N–H and O–H groups in total. The van der Waals surface area contributed by atoms with Crippen molar-refractivity contribution < 1.29 is 0 Å². The van der Waals surface area contributed by atoms with Crippen molar-refractivity contribution in [1.82, 2.24) is 0 Å². The third-order valence-corrected chi connectivity index (χ3v) is 17.3. The van der Waals surface area contributed by atoms with Crippen LogP contribution in [0.4, 0.5) is 34.1 Å². The first-order valence-electron chi connectivity index (χ1n) is 25.7. The molecule has 10 aromatic carbocycles. The van der Waals surface area contributed by atoms with Crippen LogP contribution in [-0.4, -0.2) is 0 Å². The zero-order valence-corrected chi connectivity index (χ0v) is 41.8. The van der Waals surface area contributed by atoms with Crippen molar-refractivity contribution in [2.45, 2.75) is 63.2 Å². The minimum atomic E-state index is -0.489. The second-order valence-corrected chi connectivity index (χ2v) is 22.1. The summed E-state index contributed by atoms with van der Waals surface area (Å²) in [7, 11) is 0. The van der Waals surface area contributed by atoms with Crippen molar-refractivity contribution in [2.75, 3.05) is 9.80 Å². The molecule has 72 heavy (non-hydrogen) atoms. The summed E-state index contributed by atoms with van der Waals surface area (Å²) in [4.78, 5) is 4.97. The van der Waals surface area contributed by atoms with E-state index in [4.69, 9.17) is 0 Å². The quantitative estimate of drug-likeness (QED) is 0.164. The zero-order chi connectivity index (χ0) is 48.7. The highest BCUT2D eigenvalue weighted by Crippen LogP contribution is 2.60. The van der Waals surface area contributed by atoms with Crippen LogP contribution in [-0.2, 0) is 21.7 Å². The van der Waals surface area contributed by atoms with E-state index in [1.165, 1.54) is 100 Å². The molecule has 1 aliphatic heterocycles. The molecule has 0 fully saturated rings. The van der Waals surface area contributed by atoms with Crippen LogP contribution in [0.5, 0.6) is 0 Å². The van der Waals surface area contributed by atoms with Crippen molar-refractivity contribution in [3.05, 3.63) is 286 Å². The van der Waals surface area contributed by atoms with E-state index in [-0.39, 0.29) is 16.2 Å². The number of para-hydroxylation sites is 1. The lowest BCUT2D eigenvalue weighted by molar-refractivity contribution is 0.627. The minimum Gasteiger partial charge on any atom is -0.310 e. The SMILES string of the molecule is CC1(C)c2ccccc2-c2cc(N(c3ccc(N4c5ccccc5C(C)(C)c5cc(C6(c7ccccc7)c7ccccc7-c7ccccc76)ccc54)cc3)c3ccc4c(c3)-c3ccccc3C4(C)C)ccc21. The summed E-state index contributed by atoms with van der Waals surface area (Å²) >= 11 is 0. The van der Waals surface area contributed by atoms with Gasteiger partial charge < -0.3 is 9.80 Å². The highest BCUT2D eigenvalue weighted by Gasteiger charge is 2.48. The van der Waals surface area contributed by atoms with Gasteiger partial charge in [0.1, 0.15) is 0 Å². The lowest BCUT2D eigenvalue weighted by Gasteiger charge is -2.43. The molecule has 0 radical (unpaired) electrons. The number of benzene rings is 10. The molecule has 1 heterocycles. The normalized spacial score (nSPS) is 16.1. The molecule has 0 saturated heterocycles. The van der Waals surface area contributed by atoms with Gasteiger partial charge in [0.15, 0.2) is 0 Å². The molecule has 10 aromatic rings. The first-order valence-corrected chi connectivity index (χ1v) is 25.7. The third kappa shape index (κ3) is 5.72. The van der Waals surface area contributed by atoms with Crippen LogP contribution in [0.1, 0.15) is 97.2 Å². The zero-order valence-electron chi connectivity index (χ0n) is 41.8. The van der Waals surface area contributed by atoms with Crippen LogP contribution in [0.2, 0.25) is 0 Å². The van der Waals surface area contributed by atoms with Gasteiger partial charge in [-0.2, -0.15) is 0 Å². The van der Waals surface area contributed by atoms with Gasteiger partial charge in [-0.15, -0.1) is 0 Å². The van der Waals surface area contributed by atoms with E-state index in [9.17, 15) is 0 Å². The highest BCUT2D eigenvalue weighted by molar-refractivity contribution is 5.93. The van der Waals surface area contributed by atoms with Gasteiger partial charge in [-0.1, -0.05) is 211 Å². The van der Waals surface area contributed by atoms with Crippen LogP contribution in [0.15, 0.2) is 231 Å². The summed E-state index contributed by atoms with van der Waals surface area (Å²) in [6.45, 7) is 14.3. The Hall–Kier alpha value is -8.20. The molecule has 0 saturated carbocycles. The van der Waals surface area contributed by atoms with Crippen molar-refractivity contribution in [3.8, 4) is 33.4 Å². The predicted octanol–water partition coefficient (Wildman–Crippen LogP) is 18.2. The Balaban J connectivity index is 0.935. The molecule has 0 amide bonds. The standard InChI is InChI=1S/C70H56N2/c1-67(2)57-26-14-10-24-53(57)55-43-49(37-39-59(55)67)71(50-38-40-60-56(44-50)54-25-11-15-27-58(54)68(60,3)4)47-33-35-48(36-34-47)72-65-31-19-18-30-63(65)69(5,6)64-42-46(32-41-66(64)72)70(45-20-8-7-9-21-45)61-28-16-12-22-51(61)52-23-13-17-29-62(52)70/h7-44H,1-6H3. The smallest absolute Gasteiger partial charge is 0.0713 e. The van der Waals surface area contributed by atoms with Gasteiger partial charge >= 0.3 is 0 Å². The minimum absolute atomic E-state index is 0.0790. The van der Waals surface area contributed by atoms with E-state index in [1.807, 2.05) is 0 Å². The van der Waals surface area contributed by atoms with E-state index in [2.05, 4.69) is 282 Å². The number of anilines is 6. The fraction of sp³-hybridized carbons (Fsp3) is 0.143. The summed E-state index contributed by atoms with van der Waals surface area (Å²) in [6.07, 6.45) is 0. The van der Waals surface area contributed by atoms with Gasteiger partial charge in [-0.25, -0.2) is 0 Å². The molecule has 346 valence electrons. The monoisotopic (exact) mass is 924 g/mol. The Morgan fingerprint density at radius 1 is 0.278 bits per heavy atom. The van der Waals surface area contributed by atoms with Crippen molar-refractivity contribution in [2.24, 2.45) is 0 Å². The van der Waals surface area contributed by atoms with Crippen LogP contribution < -0.4 is 9.80 Å². The van der Waals surface area contributed by atoms with Crippen LogP contribution in [0.25, 0.3) is 33.4 Å². The molecule has 14 rings (SSSR count). The predicted molar refractivity (Wildman–Crippen MR) is 300 cm³/mol. The molecular formula is C70H56N2. The van der Waals surface area contributed by atoms with Crippen molar-refractivity contribution in [3.63, 3.8) is 0 Å². The summed E-state index contributed by atoms with van der Waals surface area (Å²) in [5.41, 5.74) is 27.2. The molecule has 0 aromatic heterocycles. The van der Waals surface area contributed by atoms with E-state index >= 15 is 0 Å². The van der Waals surface area contributed by atoms with Gasteiger partial charge in [0.25, 0.3) is 0 Å². The fourth-order valence-corrected chi connectivity index (χ4v) is 13.8. The molecule has 2 heteroatoms. The second-order valence-electron chi connectivity index (χ2n) is 22.1. The lowest BCUT2D eigenvalue weighted by Crippen LogP contribution is -2.33. The Morgan fingerprint density at radius 2 is 0.681 bits per heavy atom. The molecule has 4 aliphatic rings. The summed E-state index contributed by atoms with van der Waals surface area (Å²) in [6, 6.07) is 87.2. The summed E-state index contributed by atoms with van der Waals surface area (Å²) in [5, 5.41) is 0. The maximum absolute atomic E-state index is 2.54. The molecule has 0 atom stereocenters. The van der Waals surface area contributed by atoms with Crippen molar-refractivity contribution in [1.29, 1.82) is 0 Å². The molecule has 3 aliphatic carbocycles. The van der Waals surface area contributed by atoms with E-state index in [0.29, 0.717) is 0 Å². The number of nitrogens with zero attached hydrogens (tertiary/aromatic N) is 2. The Morgan fingerprint density at radius 3 is 1.22 bits per heavy atom. The molecule has 0 spiro atoms. The van der Waals surface area contributed by atoms with Gasteiger partial charge in [0.2, 0.25) is 0 Å². The summed E-state index contributed by atoms with van der Waals surface area (Å²) < 4.78 is 0. The topological polar surface area (TPSA) is 6.48 Å². The average molecular weight is 925 g/mol. The number of fused-ring (bicyclic) bond motifs is 11. The number of rotatable bonds is 6. The maximum atomic E-state index is 2.54. The summed E-state index contributed by atoms with van der Waals surface area (Å²) in [5.74, 6) is 0. The Kier molecular flexibility index (Phi) is 8.98. The van der Waals surface area contributed by atoms with Gasteiger partial charge in [0, 0.05) is 39.0 Å².